The summed E-state index contributed by atoms with van der Waals surface area (Å²) in [6, 6.07) is 3.70. The molecule has 2 rings (SSSR count). The van der Waals surface area contributed by atoms with E-state index in [9.17, 15) is 4.79 Å². The molecule has 0 unspecified atom stereocenters. The van der Waals surface area contributed by atoms with Gasteiger partial charge in [0.2, 0.25) is 5.91 Å². The Bertz CT molecular complexity index is 529. The van der Waals surface area contributed by atoms with E-state index in [0.717, 1.165) is 17.0 Å². The van der Waals surface area contributed by atoms with Crippen LogP contribution in [0.3, 0.4) is 0 Å². The van der Waals surface area contributed by atoms with Crippen LogP contribution in [0.1, 0.15) is 25.1 Å². The summed E-state index contributed by atoms with van der Waals surface area (Å²) < 4.78 is 0.409. The average molecular weight is 415 g/mol. The maximum atomic E-state index is 12.0. The number of thiophene rings is 1. The van der Waals surface area contributed by atoms with E-state index >= 15 is 0 Å². The standard InChI is InChI=1S/C11H11Br2ClN2OS/c1-6(7-3-4-8(14)18-7)15-16-9(17)10(2)5-11(10,12)13/h3-4H,5H2,1-2H3,(H,16,17)/b15-6-/t10-/m1/s1. The summed E-state index contributed by atoms with van der Waals surface area (Å²) in [7, 11) is 0. The minimum atomic E-state index is -0.454. The molecule has 1 aliphatic carbocycles. The van der Waals surface area contributed by atoms with Crippen LogP contribution in [0, 0.1) is 5.41 Å². The average Bonchev–Trinajstić information content (AvgIpc) is 2.63. The van der Waals surface area contributed by atoms with Gasteiger partial charge in [0.15, 0.2) is 0 Å². The van der Waals surface area contributed by atoms with Crippen LogP contribution in [-0.2, 0) is 4.79 Å². The Labute approximate surface area is 131 Å². The molecule has 1 aromatic rings. The summed E-state index contributed by atoms with van der Waals surface area (Å²) >= 11 is 14.2. The summed E-state index contributed by atoms with van der Waals surface area (Å²) in [6.07, 6.45) is 0.741. The molecule has 0 saturated heterocycles. The molecule has 1 aliphatic rings. The third kappa shape index (κ3) is 2.66. The van der Waals surface area contributed by atoms with Crippen molar-refractivity contribution in [3.05, 3.63) is 21.3 Å². The Kier molecular flexibility index (Phi) is 3.94. The van der Waals surface area contributed by atoms with E-state index < -0.39 is 5.41 Å². The van der Waals surface area contributed by atoms with E-state index in [2.05, 4.69) is 42.4 Å². The lowest BCUT2D eigenvalue weighted by molar-refractivity contribution is -0.125. The fraction of sp³-hybridized carbons (Fsp3) is 0.455. The van der Waals surface area contributed by atoms with E-state index in [1.165, 1.54) is 11.3 Å². The molecule has 0 aliphatic heterocycles. The summed E-state index contributed by atoms with van der Waals surface area (Å²) in [5, 5.41) is 4.11. The zero-order chi connectivity index (χ0) is 13.6. The lowest BCUT2D eigenvalue weighted by Gasteiger charge is -2.10. The van der Waals surface area contributed by atoms with Crippen molar-refractivity contribution in [2.75, 3.05) is 0 Å². The van der Waals surface area contributed by atoms with Gasteiger partial charge in [0.25, 0.3) is 0 Å². The molecule has 1 heterocycles. The van der Waals surface area contributed by atoms with Gasteiger partial charge in [-0.15, -0.1) is 11.3 Å². The lowest BCUT2D eigenvalue weighted by Crippen LogP contribution is -2.30. The lowest BCUT2D eigenvalue weighted by atomic mass is 10.1. The molecule has 3 nitrogen and oxygen atoms in total. The van der Waals surface area contributed by atoms with Gasteiger partial charge in [0.05, 0.1) is 23.6 Å². The van der Waals surface area contributed by atoms with E-state index in [1.54, 1.807) is 0 Å². The number of hydrogen-bond donors (Lipinski definition) is 1. The normalized spacial score (nSPS) is 25.9. The molecule has 0 bridgehead atoms. The van der Waals surface area contributed by atoms with Crippen molar-refractivity contribution in [1.29, 1.82) is 0 Å². The summed E-state index contributed by atoms with van der Waals surface area (Å²) in [4.78, 5) is 12.9. The highest BCUT2D eigenvalue weighted by Gasteiger charge is 2.66. The number of carbonyl (C=O) groups is 1. The summed E-state index contributed by atoms with van der Waals surface area (Å²) in [5.74, 6) is -0.0988. The molecule has 1 atom stereocenters. The molecule has 0 aromatic carbocycles. The molecule has 1 fully saturated rings. The summed E-state index contributed by atoms with van der Waals surface area (Å²) in [6.45, 7) is 3.73. The molecular formula is C11H11Br2ClN2OS. The highest BCUT2D eigenvalue weighted by atomic mass is 79.9. The quantitative estimate of drug-likeness (QED) is 0.451. The second kappa shape index (κ2) is 4.89. The molecule has 1 saturated carbocycles. The second-order valence-electron chi connectivity index (χ2n) is 4.46. The van der Waals surface area contributed by atoms with Crippen molar-refractivity contribution >= 4 is 66.4 Å². The Morgan fingerprint density at radius 1 is 1.56 bits per heavy atom. The molecule has 98 valence electrons. The van der Waals surface area contributed by atoms with Crippen LogP contribution in [0.2, 0.25) is 4.34 Å². The first-order chi connectivity index (χ1) is 8.26. The molecule has 1 aromatic heterocycles. The number of amides is 1. The zero-order valence-corrected chi connectivity index (χ0v) is 14.5. The smallest absolute Gasteiger partial charge is 0.248 e. The van der Waals surface area contributed by atoms with E-state index in [1.807, 2.05) is 26.0 Å². The predicted octanol–water partition coefficient (Wildman–Crippen LogP) is 4.14. The molecule has 0 spiro atoms. The highest BCUT2D eigenvalue weighted by Crippen LogP contribution is 2.66. The number of alkyl halides is 2. The maximum absolute atomic E-state index is 12.0. The van der Waals surface area contributed by atoms with Gasteiger partial charge < -0.3 is 0 Å². The molecule has 1 amide bonds. The van der Waals surface area contributed by atoms with Gasteiger partial charge in [-0.3, -0.25) is 4.79 Å². The minimum Gasteiger partial charge on any atom is -0.272 e. The largest absolute Gasteiger partial charge is 0.272 e. The number of rotatable bonds is 3. The zero-order valence-electron chi connectivity index (χ0n) is 9.76. The van der Waals surface area contributed by atoms with Crippen molar-refractivity contribution in [3.8, 4) is 0 Å². The van der Waals surface area contributed by atoms with Gasteiger partial charge in [-0.1, -0.05) is 43.5 Å². The van der Waals surface area contributed by atoms with Gasteiger partial charge in [0.1, 0.15) is 0 Å². The number of halogens is 3. The van der Waals surface area contributed by atoms with E-state index in [0.29, 0.717) is 4.34 Å². The van der Waals surface area contributed by atoms with Crippen molar-refractivity contribution < 1.29 is 4.79 Å². The predicted molar refractivity (Wildman–Crippen MR) is 83.0 cm³/mol. The van der Waals surface area contributed by atoms with Crippen LogP contribution in [-0.4, -0.2) is 14.9 Å². The van der Waals surface area contributed by atoms with E-state index in [4.69, 9.17) is 11.6 Å². The van der Waals surface area contributed by atoms with Crippen LogP contribution in [0.25, 0.3) is 0 Å². The Hall–Kier alpha value is 0.0900. The molecule has 1 N–H and O–H groups in total. The number of carbonyl (C=O) groups excluding carboxylic acids is 1. The van der Waals surface area contributed by atoms with Crippen LogP contribution in [0.4, 0.5) is 0 Å². The first-order valence-corrected chi connectivity index (χ1v) is 8.02. The molecular weight excluding hydrogens is 403 g/mol. The Balaban J connectivity index is 2.02. The summed E-state index contributed by atoms with van der Waals surface area (Å²) in [5.41, 5.74) is 2.90. The fourth-order valence-corrected chi connectivity index (χ4v) is 3.94. The van der Waals surface area contributed by atoms with Gasteiger partial charge in [-0.05, 0) is 32.4 Å². The molecule has 18 heavy (non-hydrogen) atoms. The molecule has 0 radical (unpaired) electrons. The SMILES string of the molecule is C/C(=N/NC(=O)[C@@]1(C)CC1(Br)Br)c1ccc(Cl)s1. The van der Waals surface area contributed by atoms with Gasteiger partial charge in [0, 0.05) is 0 Å². The first kappa shape index (κ1) is 14.5. The second-order valence-corrected chi connectivity index (χ2v) is 9.94. The first-order valence-electron chi connectivity index (χ1n) is 5.24. The number of nitrogens with zero attached hydrogens (tertiary/aromatic N) is 1. The molecule has 7 heteroatoms. The Morgan fingerprint density at radius 2 is 2.17 bits per heavy atom. The van der Waals surface area contributed by atoms with Crippen LogP contribution >= 0.6 is 54.8 Å². The number of nitrogens with one attached hydrogen (secondary N) is 1. The fourth-order valence-electron chi connectivity index (χ4n) is 1.47. The number of hydrogen-bond acceptors (Lipinski definition) is 3. The maximum Gasteiger partial charge on any atom is 0.248 e. The van der Waals surface area contributed by atoms with Crippen molar-refractivity contribution in [2.45, 2.75) is 23.5 Å². The third-order valence-electron chi connectivity index (χ3n) is 3.01. The van der Waals surface area contributed by atoms with Gasteiger partial charge in [-0.25, -0.2) is 5.43 Å². The van der Waals surface area contributed by atoms with Crippen LogP contribution in [0.15, 0.2) is 17.2 Å². The monoisotopic (exact) mass is 412 g/mol. The number of hydrazone groups is 1. The topological polar surface area (TPSA) is 41.5 Å². The van der Waals surface area contributed by atoms with Crippen LogP contribution in [0.5, 0.6) is 0 Å². The van der Waals surface area contributed by atoms with Gasteiger partial charge >= 0.3 is 0 Å². The van der Waals surface area contributed by atoms with Gasteiger partial charge in [-0.2, -0.15) is 5.10 Å². The minimum absolute atomic E-state index is 0.0988. The highest BCUT2D eigenvalue weighted by molar-refractivity contribution is 9.25. The van der Waals surface area contributed by atoms with Crippen molar-refractivity contribution in [3.63, 3.8) is 0 Å². The Morgan fingerprint density at radius 3 is 2.61 bits per heavy atom. The van der Waals surface area contributed by atoms with Crippen LogP contribution < -0.4 is 5.43 Å². The van der Waals surface area contributed by atoms with Crippen molar-refractivity contribution in [2.24, 2.45) is 10.5 Å². The third-order valence-corrected chi connectivity index (χ3v) is 6.66. The van der Waals surface area contributed by atoms with Crippen molar-refractivity contribution in [1.82, 2.24) is 5.43 Å². The van der Waals surface area contributed by atoms with E-state index in [-0.39, 0.29) is 9.14 Å².